The standard InChI is InChI=1S/C20H16BrN3O/c1-13-8-14-4-2-3-5-18(14)24(13)20(25)12-23-11-15(10-22)17-9-16(21)6-7-19(17)23/h2-7,9,11,13H,8,12H2,1H3/t13-/m1/s1. The Morgan fingerprint density at radius 3 is 2.92 bits per heavy atom. The van der Waals surface area contributed by atoms with Crippen LogP contribution in [0, 0.1) is 11.3 Å². The van der Waals surface area contributed by atoms with Gasteiger partial charge >= 0.3 is 0 Å². The Morgan fingerprint density at radius 1 is 1.32 bits per heavy atom. The van der Waals surface area contributed by atoms with E-state index < -0.39 is 0 Å². The third-order valence-electron chi connectivity index (χ3n) is 4.75. The van der Waals surface area contributed by atoms with Gasteiger partial charge in [0.1, 0.15) is 12.6 Å². The molecule has 0 radical (unpaired) electrons. The first kappa shape index (κ1) is 15.9. The number of carbonyl (C=O) groups excluding carboxylic acids is 1. The average Bonchev–Trinajstić information content (AvgIpc) is 3.11. The largest absolute Gasteiger partial charge is 0.337 e. The molecular weight excluding hydrogens is 378 g/mol. The van der Waals surface area contributed by atoms with Crippen LogP contribution in [0.25, 0.3) is 10.9 Å². The topological polar surface area (TPSA) is 49.0 Å². The number of fused-ring (bicyclic) bond motifs is 2. The van der Waals surface area contributed by atoms with E-state index in [9.17, 15) is 10.1 Å². The molecule has 1 amide bonds. The molecule has 4 nitrogen and oxygen atoms in total. The Labute approximate surface area is 154 Å². The summed E-state index contributed by atoms with van der Waals surface area (Å²) in [6.45, 7) is 2.29. The molecule has 0 saturated carbocycles. The van der Waals surface area contributed by atoms with E-state index in [0.717, 1.165) is 27.5 Å². The summed E-state index contributed by atoms with van der Waals surface area (Å²) in [5, 5.41) is 10.2. The van der Waals surface area contributed by atoms with Gasteiger partial charge < -0.3 is 9.47 Å². The van der Waals surface area contributed by atoms with Crippen molar-refractivity contribution in [3.63, 3.8) is 0 Å². The quantitative estimate of drug-likeness (QED) is 0.653. The van der Waals surface area contributed by atoms with Crippen molar-refractivity contribution in [2.24, 2.45) is 0 Å². The number of nitriles is 1. The zero-order chi connectivity index (χ0) is 17.6. The zero-order valence-corrected chi connectivity index (χ0v) is 15.3. The van der Waals surface area contributed by atoms with Gasteiger partial charge in [0, 0.05) is 33.3 Å². The summed E-state index contributed by atoms with van der Waals surface area (Å²) >= 11 is 3.44. The normalized spacial score (nSPS) is 16.0. The number of anilines is 1. The van der Waals surface area contributed by atoms with E-state index in [1.54, 1.807) is 6.20 Å². The molecule has 1 aromatic heterocycles. The predicted molar refractivity (Wildman–Crippen MR) is 101 cm³/mol. The first-order valence-corrected chi connectivity index (χ1v) is 8.96. The number of hydrogen-bond acceptors (Lipinski definition) is 2. The van der Waals surface area contributed by atoms with Crippen molar-refractivity contribution in [3.8, 4) is 6.07 Å². The first-order chi connectivity index (χ1) is 12.1. The van der Waals surface area contributed by atoms with Gasteiger partial charge in [-0.05, 0) is 43.2 Å². The van der Waals surface area contributed by atoms with Crippen LogP contribution in [0.5, 0.6) is 0 Å². The van der Waals surface area contributed by atoms with Crippen LogP contribution in [-0.4, -0.2) is 16.5 Å². The van der Waals surface area contributed by atoms with Crippen LogP contribution in [0.2, 0.25) is 0 Å². The summed E-state index contributed by atoms with van der Waals surface area (Å²) in [4.78, 5) is 14.9. The van der Waals surface area contributed by atoms with Gasteiger partial charge in [-0.2, -0.15) is 5.26 Å². The van der Waals surface area contributed by atoms with Gasteiger partial charge in [0.15, 0.2) is 0 Å². The van der Waals surface area contributed by atoms with Crippen molar-refractivity contribution >= 4 is 38.4 Å². The lowest BCUT2D eigenvalue weighted by molar-refractivity contribution is -0.119. The van der Waals surface area contributed by atoms with Gasteiger partial charge in [0.05, 0.1) is 5.56 Å². The SMILES string of the molecule is C[C@@H]1Cc2ccccc2N1C(=O)Cn1cc(C#N)c2cc(Br)ccc21. The van der Waals surface area contributed by atoms with Gasteiger partial charge in [0.2, 0.25) is 5.91 Å². The highest BCUT2D eigenvalue weighted by atomic mass is 79.9. The van der Waals surface area contributed by atoms with Crippen molar-refractivity contribution in [1.82, 2.24) is 4.57 Å². The Hall–Kier alpha value is -2.58. The van der Waals surface area contributed by atoms with Gasteiger partial charge in [0.25, 0.3) is 0 Å². The first-order valence-electron chi connectivity index (χ1n) is 8.17. The maximum Gasteiger partial charge on any atom is 0.247 e. The van der Waals surface area contributed by atoms with Gasteiger partial charge in [-0.3, -0.25) is 4.79 Å². The summed E-state index contributed by atoms with van der Waals surface area (Å²) in [6, 6.07) is 16.2. The highest BCUT2D eigenvalue weighted by Gasteiger charge is 2.30. The number of nitrogens with zero attached hydrogens (tertiary/aromatic N) is 3. The molecule has 0 saturated heterocycles. The number of rotatable bonds is 2. The molecule has 0 spiro atoms. The Bertz CT molecular complexity index is 1030. The van der Waals surface area contributed by atoms with Gasteiger partial charge in [-0.25, -0.2) is 0 Å². The lowest BCUT2D eigenvalue weighted by Crippen LogP contribution is -2.37. The number of aromatic nitrogens is 1. The van der Waals surface area contributed by atoms with E-state index in [4.69, 9.17) is 0 Å². The summed E-state index contributed by atoms with van der Waals surface area (Å²) in [5.41, 5.74) is 3.69. The average molecular weight is 394 g/mol. The van der Waals surface area contributed by atoms with E-state index in [0.29, 0.717) is 5.56 Å². The van der Waals surface area contributed by atoms with Crippen LogP contribution >= 0.6 is 15.9 Å². The van der Waals surface area contributed by atoms with Gasteiger partial charge in [-0.15, -0.1) is 0 Å². The minimum absolute atomic E-state index is 0.0433. The highest BCUT2D eigenvalue weighted by molar-refractivity contribution is 9.10. The smallest absolute Gasteiger partial charge is 0.247 e. The van der Waals surface area contributed by atoms with Gasteiger partial charge in [-0.1, -0.05) is 34.1 Å². The number of halogens is 1. The second-order valence-electron chi connectivity index (χ2n) is 6.39. The Kier molecular flexibility index (Phi) is 3.85. The fraction of sp³-hybridized carbons (Fsp3) is 0.200. The molecule has 1 aliphatic rings. The van der Waals surface area contributed by atoms with E-state index >= 15 is 0 Å². The highest BCUT2D eigenvalue weighted by Crippen LogP contribution is 2.32. The number of para-hydroxylation sites is 1. The van der Waals surface area contributed by atoms with E-state index in [-0.39, 0.29) is 18.5 Å². The maximum absolute atomic E-state index is 13.0. The van der Waals surface area contributed by atoms with Crippen LogP contribution in [0.1, 0.15) is 18.1 Å². The minimum atomic E-state index is 0.0433. The van der Waals surface area contributed by atoms with Crippen LogP contribution in [-0.2, 0) is 17.8 Å². The van der Waals surface area contributed by atoms with Crippen molar-refractivity contribution in [1.29, 1.82) is 5.26 Å². The van der Waals surface area contributed by atoms with Crippen molar-refractivity contribution < 1.29 is 4.79 Å². The molecular formula is C20H16BrN3O. The van der Waals surface area contributed by atoms with E-state index in [1.807, 2.05) is 45.9 Å². The lowest BCUT2D eigenvalue weighted by Gasteiger charge is -2.23. The maximum atomic E-state index is 13.0. The lowest BCUT2D eigenvalue weighted by atomic mass is 10.1. The number of benzene rings is 2. The molecule has 124 valence electrons. The second kappa shape index (κ2) is 6.05. The summed E-state index contributed by atoms with van der Waals surface area (Å²) < 4.78 is 2.79. The fourth-order valence-corrected chi connectivity index (χ4v) is 4.02. The van der Waals surface area contributed by atoms with E-state index in [2.05, 4.69) is 35.0 Å². The fourth-order valence-electron chi connectivity index (χ4n) is 3.66. The third kappa shape index (κ3) is 2.63. The molecule has 4 rings (SSSR count). The van der Waals surface area contributed by atoms with Crippen LogP contribution in [0.3, 0.4) is 0 Å². The van der Waals surface area contributed by atoms with Crippen molar-refractivity contribution in [2.75, 3.05) is 4.90 Å². The molecule has 25 heavy (non-hydrogen) atoms. The molecule has 5 heteroatoms. The van der Waals surface area contributed by atoms with Crippen molar-refractivity contribution in [2.45, 2.75) is 25.9 Å². The molecule has 3 aromatic rings. The second-order valence-corrected chi connectivity index (χ2v) is 7.31. The van der Waals surface area contributed by atoms with E-state index in [1.165, 1.54) is 5.56 Å². The molecule has 1 atom stereocenters. The van der Waals surface area contributed by atoms with Crippen LogP contribution in [0.4, 0.5) is 5.69 Å². The summed E-state index contributed by atoms with van der Waals surface area (Å²) in [7, 11) is 0. The molecule has 2 heterocycles. The predicted octanol–water partition coefficient (Wildman–Crippen LogP) is 4.25. The molecule has 1 aliphatic heterocycles. The molecule has 0 aliphatic carbocycles. The Balaban J connectivity index is 1.71. The number of hydrogen-bond donors (Lipinski definition) is 0. The number of amides is 1. The molecule has 0 bridgehead atoms. The summed E-state index contributed by atoms with van der Waals surface area (Å²) in [6.07, 6.45) is 2.65. The molecule has 0 unspecified atom stereocenters. The van der Waals surface area contributed by atoms with Crippen molar-refractivity contribution in [3.05, 3.63) is 64.3 Å². The minimum Gasteiger partial charge on any atom is -0.337 e. The number of carbonyl (C=O) groups is 1. The molecule has 2 aromatic carbocycles. The molecule has 0 fully saturated rings. The van der Waals surface area contributed by atoms with Crippen LogP contribution < -0.4 is 4.90 Å². The monoisotopic (exact) mass is 393 g/mol. The summed E-state index contributed by atoms with van der Waals surface area (Å²) in [5.74, 6) is 0.0433. The molecule has 0 N–H and O–H groups in total. The third-order valence-corrected chi connectivity index (χ3v) is 5.24. The zero-order valence-electron chi connectivity index (χ0n) is 13.7. The Morgan fingerprint density at radius 2 is 2.12 bits per heavy atom. The van der Waals surface area contributed by atoms with Crippen LogP contribution in [0.15, 0.2) is 53.1 Å².